The minimum absolute atomic E-state index is 0.160. The highest BCUT2D eigenvalue weighted by Crippen LogP contribution is 2.33. The van der Waals surface area contributed by atoms with E-state index in [-0.39, 0.29) is 5.56 Å². The molecule has 1 heterocycles. The highest BCUT2D eigenvalue weighted by atomic mass is 35.5. The molecule has 3 rings (SSSR count). The molecule has 2 aromatic carbocycles. The Balaban J connectivity index is 0.000000208. The van der Waals surface area contributed by atoms with Gasteiger partial charge in [-0.15, -0.1) is 11.3 Å². The van der Waals surface area contributed by atoms with E-state index in [9.17, 15) is 9.59 Å². The minimum Gasteiger partial charge on any atom is -0.478 e. The van der Waals surface area contributed by atoms with Gasteiger partial charge in [-0.3, -0.25) is 4.79 Å². The van der Waals surface area contributed by atoms with Gasteiger partial charge in [-0.2, -0.15) is 0 Å². The number of hydrogen-bond acceptors (Lipinski definition) is 6. The summed E-state index contributed by atoms with van der Waals surface area (Å²) < 4.78 is 0. The van der Waals surface area contributed by atoms with Crippen LogP contribution in [0.4, 0.5) is 10.7 Å². The highest BCUT2D eigenvalue weighted by molar-refractivity contribution is 7.14. The molecular formula is C19H16ClN3O3S. The van der Waals surface area contributed by atoms with Crippen LogP contribution in [0.25, 0.3) is 11.1 Å². The molecule has 0 fully saturated rings. The van der Waals surface area contributed by atoms with Crippen LogP contribution < -0.4 is 11.5 Å². The Kier molecular flexibility index (Phi) is 6.70. The summed E-state index contributed by atoms with van der Waals surface area (Å²) in [7, 11) is 0. The quantitative estimate of drug-likeness (QED) is 0.292. The van der Waals surface area contributed by atoms with Gasteiger partial charge in [0.1, 0.15) is 10.6 Å². The second-order valence-electron chi connectivity index (χ2n) is 5.31. The number of nitrogens with two attached hydrogens (primary N) is 2. The Hall–Kier alpha value is -3.16. The molecule has 0 spiro atoms. The van der Waals surface area contributed by atoms with Gasteiger partial charge in [0, 0.05) is 33.3 Å². The summed E-state index contributed by atoms with van der Waals surface area (Å²) in [5.41, 5.74) is 14.1. The number of carboxylic acid groups (broad SMARTS) is 1. The lowest BCUT2D eigenvalue weighted by molar-refractivity contribution is 0.0699. The van der Waals surface area contributed by atoms with Gasteiger partial charge in [-0.05, 0) is 23.8 Å². The molecule has 0 saturated carbocycles. The van der Waals surface area contributed by atoms with E-state index in [4.69, 9.17) is 33.6 Å². The fourth-order valence-electron chi connectivity index (χ4n) is 2.27. The van der Waals surface area contributed by atoms with Crippen molar-refractivity contribution < 1.29 is 14.7 Å². The van der Waals surface area contributed by atoms with Crippen LogP contribution in [0.5, 0.6) is 0 Å². The lowest BCUT2D eigenvalue weighted by Crippen LogP contribution is -2.00. The highest BCUT2D eigenvalue weighted by Gasteiger charge is 2.17. The third kappa shape index (κ3) is 4.72. The van der Waals surface area contributed by atoms with E-state index in [0.29, 0.717) is 38.7 Å². The molecule has 0 aliphatic carbocycles. The van der Waals surface area contributed by atoms with Gasteiger partial charge in [0.25, 0.3) is 0 Å². The molecule has 0 aliphatic rings. The number of benzene rings is 2. The second-order valence-corrected chi connectivity index (χ2v) is 6.66. The third-order valence-corrected chi connectivity index (χ3v) is 4.71. The van der Waals surface area contributed by atoms with Gasteiger partial charge in [0.2, 0.25) is 0 Å². The van der Waals surface area contributed by atoms with Crippen molar-refractivity contribution in [3.63, 3.8) is 0 Å². The van der Waals surface area contributed by atoms with E-state index < -0.39 is 5.97 Å². The Bertz CT molecular complexity index is 958. The molecule has 6 nitrogen and oxygen atoms in total. The number of halogens is 1. The first-order valence-electron chi connectivity index (χ1n) is 7.59. The van der Waals surface area contributed by atoms with Crippen LogP contribution in [0.1, 0.15) is 26.3 Å². The first-order valence-corrected chi connectivity index (χ1v) is 8.85. The average molecular weight is 402 g/mol. The minimum atomic E-state index is -1.01. The summed E-state index contributed by atoms with van der Waals surface area (Å²) in [5, 5.41) is 18.7. The molecule has 6 N–H and O–H groups in total. The number of carbonyl (C=O) groups is 2. The number of rotatable bonds is 4. The Morgan fingerprint density at radius 3 is 2.30 bits per heavy atom. The van der Waals surface area contributed by atoms with Crippen molar-refractivity contribution in [1.82, 2.24) is 0 Å². The van der Waals surface area contributed by atoms with E-state index >= 15 is 0 Å². The van der Waals surface area contributed by atoms with Crippen LogP contribution in [0.3, 0.4) is 0 Å². The van der Waals surface area contributed by atoms with Crippen molar-refractivity contribution in [2.45, 2.75) is 0 Å². The van der Waals surface area contributed by atoms with Gasteiger partial charge in [-0.1, -0.05) is 35.9 Å². The molecule has 0 saturated heterocycles. The molecule has 0 amide bonds. The zero-order chi connectivity index (χ0) is 20.0. The maximum atomic E-state index is 11.0. The van der Waals surface area contributed by atoms with E-state index in [1.165, 1.54) is 11.3 Å². The SMILES string of the molecule is N=Cc1cccc(C=O)c1N.Nc1scc(-c2ccc(Cl)cc2)c1C(=O)O. The Morgan fingerprint density at radius 2 is 1.74 bits per heavy atom. The van der Waals surface area contributed by atoms with Gasteiger partial charge < -0.3 is 22.0 Å². The number of para-hydroxylation sites is 1. The first-order chi connectivity index (χ1) is 12.9. The molecule has 0 aliphatic heterocycles. The number of nitrogen functional groups attached to an aromatic ring is 2. The largest absolute Gasteiger partial charge is 0.478 e. The molecule has 0 bridgehead atoms. The smallest absolute Gasteiger partial charge is 0.339 e. The maximum absolute atomic E-state index is 11.0. The van der Waals surface area contributed by atoms with Crippen molar-refractivity contribution in [3.05, 3.63) is 69.6 Å². The third-order valence-electron chi connectivity index (χ3n) is 3.64. The molecule has 8 heteroatoms. The summed E-state index contributed by atoms with van der Waals surface area (Å²) in [6.45, 7) is 0. The van der Waals surface area contributed by atoms with Gasteiger partial charge >= 0.3 is 5.97 Å². The Morgan fingerprint density at radius 1 is 1.11 bits per heavy atom. The molecule has 3 aromatic rings. The summed E-state index contributed by atoms with van der Waals surface area (Å²) in [6.07, 6.45) is 1.81. The van der Waals surface area contributed by atoms with Crippen LogP contribution in [-0.2, 0) is 0 Å². The normalized spacial score (nSPS) is 9.81. The van der Waals surface area contributed by atoms with Crippen LogP contribution >= 0.6 is 22.9 Å². The lowest BCUT2D eigenvalue weighted by Gasteiger charge is -2.01. The first kappa shape index (κ1) is 20.2. The van der Waals surface area contributed by atoms with E-state index in [1.807, 2.05) is 0 Å². The van der Waals surface area contributed by atoms with Gasteiger partial charge in [0.05, 0.1) is 5.69 Å². The summed E-state index contributed by atoms with van der Waals surface area (Å²) in [6, 6.07) is 12.0. The number of thiophene rings is 1. The molecule has 1 aromatic heterocycles. The average Bonchev–Trinajstić information content (AvgIpc) is 3.05. The second kappa shape index (κ2) is 8.98. The van der Waals surface area contributed by atoms with Crippen molar-refractivity contribution >= 4 is 52.1 Å². The number of hydrogen-bond donors (Lipinski definition) is 4. The van der Waals surface area contributed by atoms with Crippen LogP contribution in [0.15, 0.2) is 47.8 Å². The van der Waals surface area contributed by atoms with Crippen molar-refractivity contribution in [1.29, 1.82) is 5.41 Å². The summed E-state index contributed by atoms with van der Waals surface area (Å²) >= 11 is 6.99. The number of nitrogens with one attached hydrogen (secondary N) is 1. The predicted octanol–water partition coefficient (Wildman–Crippen LogP) is 4.43. The van der Waals surface area contributed by atoms with Crippen molar-refractivity contribution in [3.8, 4) is 11.1 Å². The standard InChI is InChI=1S/C11H8ClNO2S.C8H8N2O/c12-7-3-1-6(2-4-7)8-5-16-10(13)9(8)11(14)15;9-4-6-2-1-3-7(5-11)8(6)10/h1-5H,13H2,(H,14,15);1-5,9H,10H2. The fraction of sp³-hybridized carbons (Fsp3) is 0. The fourth-order valence-corrected chi connectivity index (χ4v) is 3.21. The van der Waals surface area contributed by atoms with Gasteiger partial charge in [0.15, 0.2) is 6.29 Å². The number of carbonyl (C=O) groups excluding carboxylic acids is 1. The van der Waals surface area contributed by atoms with E-state index in [0.717, 1.165) is 11.8 Å². The number of aldehydes is 1. The Labute approximate surface area is 164 Å². The molecular weight excluding hydrogens is 386 g/mol. The molecule has 0 atom stereocenters. The molecule has 138 valence electrons. The molecule has 0 radical (unpaired) electrons. The van der Waals surface area contributed by atoms with Crippen molar-refractivity contribution in [2.24, 2.45) is 0 Å². The number of aromatic carboxylic acids is 1. The van der Waals surface area contributed by atoms with Crippen LogP contribution in [0, 0.1) is 5.41 Å². The number of carboxylic acids is 1. The molecule has 27 heavy (non-hydrogen) atoms. The monoisotopic (exact) mass is 401 g/mol. The topological polar surface area (TPSA) is 130 Å². The molecule has 0 unspecified atom stereocenters. The zero-order valence-corrected chi connectivity index (χ0v) is 15.6. The maximum Gasteiger partial charge on any atom is 0.339 e. The van der Waals surface area contributed by atoms with E-state index in [1.54, 1.807) is 47.8 Å². The van der Waals surface area contributed by atoms with E-state index in [2.05, 4.69) is 0 Å². The van der Waals surface area contributed by atoms with Crippen molar-refractivity contribution in [2.75, 3.05) is 11.5 Å². The van der Waals surface area contributed by atoms with Crippen LogP contribution in [0.2, 0.25) is 5.02 Å². The predicted molar refractivity (Wildman–Crippen MR) is 110 cm³/mol. The van der Waals surface area contributed by atoms with Gasteiger partial charge in [-0.25, -0.2) is 4.79 Å². The lowest BCUT2D eigenvalue weighted by atomic mass is 10.0. The van der Waals surface area contributed by atoms with Crippen LogP contribution in [-0.4, -0.2) is 23.6 Å². The number of anilines is 2. The zero-order valence-electron chi connectivity index (χ0n) is 14.0. The summed E-state index contributed by atoms with van der Waals surface area (Å²) in [4.78, 5) is 21.4. The summed E-state index contributed by atoms with van der Waals surface area (Å²) in [5.74, 6) is -1.01.